The molecule has 0 saturated carbocycles. The number of allylic oxidation sites excluding steroid dienone is 1. The monoisotopic (exact) mass is 318 g/mol. The summed E-state index contributed by atoms with van der Waals surface area (Å²) in [6.07, 6.45) is 0. The summed E-state index contributed by atoms with van der Waals surface area (Å²) in [5.41, 5.74) is 2.71. The number of nitrogens with one attached hydrogen (secondary N) is 1. The Morgan fingerprint density at radius 1 is 1.27 bits per heavy atom. The zero-order chi connectivity index (χ0) is 16.3. The third kappa shape index (κ3) is 3.76. The molecule has 1 aromatic rings. The van der Waals surface area contributed by atoms with Gasteiger partial charge in [0, 0.05) is 5.70 Å². The zero-order valence-electron chi connectivity index (χ0n) is 12.7. The minimum Gasteiger partial charge on any atom is -0.478 e. The number of aliphatic carboxylic acids is 1. The van der Waals surface area contributed by atoms with Gasteiger partial charge in [0.15, 0.2) is 5.17 Å². The van der Waals surface area contributed by atoms with Crippen LogP contribution in [0.2, 0.25) is 0 Å². The second-order valence-corrected chi connectivity index (χ2v) is 6.17. The lowest BCUT2D eigenvalue weighted by Gasteiger charge is -2.24. The summed E-state index contributed by atoms with van der Waals surface area (Å²) >= 11 is 1.29. The van der Waals surface area contributed by atoms with E-state index in [-0.39, 0.29) is 11.4 Å². The van der Waals surface area contributed by atoms with Crippen LogP contribution in [0.15, 0.2) is 40.5 Å². The number of benzene rings is 1. The van der Waals surface area contributed by atoms with Crippen LogP contribution in [-0.4, -0.2) is 27.8 Å². The molecule has 5 nitrogen and oxygen atoms in total. The van der Waals surface area contributed by atoms with Crippen LogP contribution in [-0.2, 0) is 9.59 Å². The second-order valence-electron chi connectivity index (χ2n) is 5.21. The largest absolute Gasteiger partial charge is 0.478 e. The van der Waals surface area contributed by atoms with E-state index in [0.29, 0.717) is 16.6 Å². The van der Waals surface area contributed by atoms with Gasteiger partial charge < -0.3 is 10.4 Å². The molecule has 2 N–H and O–H groups in total. The topological polar surface area (TPSA) is 78.8 Å². The Morgan fingerprint density at radius 3 is 2.45 bits per heavy atom. The van der Waals surface area contributed by atoms with Crippen LogP contribution < -0.4 is 5.32 Å². The maximum absolute atomic E-state index is 11.6. The number of hydrogen-bond donors (Lipinski definition) is 2. The first-order valence-corrected chi connectivity index (χ1v) is 7.84. The van der Waals surface area contributed by atoms with Crippen LogP contribution in [0, 0.1) is 6.92 Å². The summed E-state index contributed by atoms with van der Waals surface area (Å²) in [6.45, 7) is 5.20. The molecule has 116 valence electrons. The minimum atomic E-state index is -0.991. The molecular formula is C16H18N2O3S. The number of hydrogen-bond acceptors (Lipinski definition) is 5. The fraction of sp³-hybridized carbons (Fsp3) is 0.312. The van der Waals surface area contributed by atoms with Gasteiger partial charge >= 0.3 is 5.97 Å². The Morgan fingerprint density at radius 2 is 1.91 bits per heavy atom. The lowest BCUT2D eigenvalue weighted by Crippen LogP contribution is -2.30. The van der Waals surface area contributed by atoms with Crippen molar-refractivity contribution in [2.75, 3.05) is 5.75 Å². The second kappa shape index (κ2) is 6.79. The van der Waals surface area contributed by atoms with Gasteiger partial charge in [-0.25, -0.2) is 9.79 Å². The van der Waals surface area contributed by atoms with Gasteiger partial charge in [-0.15, -0.1) is 0 Å². The van der Waals surface area contributed by atoms with Crippen molar-refractivity contribution in [1.82, 2.24) is 5.32 Å². The van der Waals surface area contributed by atoms with E-state index in [9.17, 15) is 14.7 Å². The molecule has 1 heterocycles. The molecule has 0 saturated heterocycles. The Hall–Kier alpha value is -2.08. The van der Waals surface area contributed by atoms with Crippen LogP contribution in [0.5, 0.6) is 0 Å². The fourth-order valence-electron chi connectivity index (χ4n) is 2.16. The Bertz CT molecular complexity index is 662. The predicted octanol–water partition coefficient (Wildman–Crippen LogP) is 2.68. The average Bonchev–Trinajstić information content (AvgIpc) is 2.44. The van der Waals surface area contributed by atoms with Gasteiger partial charge in [-0.3, -0.25) is 4.79 Å². The highest BCUT2D eigenvalue weighted by atomic mass is 32.2. The fourth-order valence-corrected chi connectivity index (χ4v) is 2.90. The van der Waals surface area contributed by atoms with Gasteiger partial charge in [-0.1, -0.05) is 41.6 Å². The van der Waals surface area contributed by atoms with E-state index in [2.05, 4.69) is 10.3 Å². The molecule has 22 heavy (non-hydrogen) atoms. The molecule has 0 bridgehead atoms. The number of aryl methyl sites for hydroxylation is 1. The van der Waals surface area contributed by atoms with Crippen molar-refractivity contribution in [1.29, 1.82) is 0 Å². The van der Waals surface area contributed by atoms with Crippen molar-refractivity contribution in [3.8, 4) is 0 Å². The van der Waals surface area contributed by atoms with Crippen LogP contribution in [0.4, 0.5) is 0 Å². The first kappa shape index (κ1) is 16.3. The summed E-state index contributed by atoms with van der Waals surface area (Å²) in [5, 5.41) is 13.0. The summed E-state index contributed by atoms with van der Waals surface area (Å²) in [7, 11) is 0. The van der Waals surface area contributed by atoms with E-state index >= 15 is 0 Å². The number of carboxylic acid groups (broad SMARTS) is 1. The molecule has 0 aliphatic carbocycles. The molecule has 0 aromatic heterocycles. The highest BCUT2D eigenvalue weighted by molar-refractivity contribution is 8.14. The molecule has 6 heteroatoms. The van der Waals surface area contributed by atoms with Crippen molar-refractivity contribution in [3.05, 3.63) is 46.7 Å². The molecule has 2 rings (SSSR count). The molecule has 1 atom stereocenters. The SMILES string of the molecule is CC(=O)CSC1=NC(c2ccc(C)cc2)C(C(=O)O)=C(C)N1. The number of rotatable bonds is 4. The van der Waals surface area contributed by atoms with Crippen LogP contribution in [0.1, 0.15) is 31.0 Å². The number of Topliss-reactive ketones (excluding diaryl/α,β-unsaturated/α-hetero) is 1. The number of aliphatic imine (C=N–C) groups is 1. The Labute approximate surface area is 133 Å². The highest BCUT2D eigenvalue weighted by Crippen LogP contribution is 2.32. The number of carbonyl (C=O) groups excluding carboxylic acids is 1. The third-order valence-electron chi connectivity index (χ3n) is 3.25. The van der Waals surface area contributed by atoms with Crippen LogP contribution >= 0.6 is 11.8 Å². The van der Waals surface area contributed by atoms with Crippen molar-refractivity contribution >= 4 is 28.7 Å². The molecule has 1 aromatic carbocycles. The number of carboxylic acids is 1. The van der Waals surface area contributed by atoms with Crippen LogP contribution in [0.3, 0.4) is 0 Å². The van der Waals surface area contributed by atoms with Crippen molar-refractivity contribution < 1.29 is 14.7 Å². The average molecular weight is 318 g/mol. The van der Waals surface area contributed by atoms with Gasteiger partial charge in [0.05, 0.1) is 11.3 Å². The number of amidine groups is 1. The van der Waals surface area contributed by atoms with Gasteiger partial charge in [0.2, 0.25) is 0 Å². The lowest BCUT2D eigenvalue weighted by molar-refractivity contribution is -0.133. The van der Waals surface area contributed by atoms with Crippen LogP contribution in [0.25, 0.3) is 0 Å². The highest BCUT2D eigenvalue weighted by Gasteiger charge is 2.29. The number of nitrogens with zero attached hydrogens (tertiary/aromatic N) is 1. The van der Waals surface area contributed by atoms with E-state index in [1.807, 2.05) is 31.2 Å². The number of ketones is 1. The summed E-state index contributed by atoms with van der Waals surface area (Å²) in [5.74, 6) is -0.635. The minimum absolute atomic E-state index is 0.0482. The van der Waals surface area contributed by atoms with Gasteiger partial charge in [0.25, 0.3) is 0 Å². The standard InChI is InChI=1S/C16H18N2O3S/c1-9-4-6-12(7-5-9)14-13(15(20)21)11(3)17-16(18-14)22-8-10(2)19/h4-7,14H,8H2,1-3H3,(H,17,18)(H,20,21). The quantitative estimate of drug-likeness (QED) is 0.892. The molecule has 1 aliphatic rings. The lowest BCUT2D eigenvalue weighted by atomic mass is 9.96. The Kier molecular flexibility index (Phi) is 5.03. The molecular weight excluding hydrogens is 300 g/mol. The van der Waals surface area contributed by atoms with E-state index < -0.39 is 12.0 Å². The molecule has 1 unspecified atom stereocenters. The van der Waals surface area contributed by atoms with Gasteiger partial charge in [0.1, 0.15) is 11.8 Å². The molecule has 0 amide bonds. The first-order chi connectivity index (χ1) is 10.4. The maximum atomic E-state index is 11.6. The molecule has 1 aliphatic heterocycles. The van der Waals surface area contributed by atoms with E-state index in [0.717, 1.165) is 11.1 Å². The smallest absolute Gasteiger partial charge is 0.335 e. The number of carbonyl (C=O) groups is 2. The zero-order valence-corrected chi connectivity index (χ0v) is 13.5. The summed E-state index contributed by atoms with van der Waals surface area (Å²) in [6, 6.07) is 7.08. The van der Waals surface area contributed by atoms with Crippen molar-refractivity contribution in [3.63, 3.8) is 0 Å². The molecule has 0 spiro atoms. The number of thioether (sulfide) groups is 1. The van der Waals surface area contributed by atoms with Crippen molar-refractivity contribution in [2.24, 2.45) is 4.99 Å². The van der Waals surface area contributed by atoms with E-state index in [1.54, 1.807) is 6.92 Å². The first-order valence-electron chi connectivity index (χ1n) is 6.86. The van der Waals surface area contributed by atoms with Gasteiger partial charge in [-0.2, -0.15) is 0 Å². The summed E-state index contributed by atoms with van der Waals surface area (Å²) in [4.78, 5) is 27.2. The maximum Gasteiger partial charge on any atom is 0.335 e. The Balaban J connectivity index is 2.37. The predicted molar refractivity (Wildman–Crippen MR) is 88.0 cm³/mol. The molecule has 0 fully saturated rings. The molecule has 0 radical (unpaired) electrons. The van der Waals surface area contributed by atoms with E-state index in [1.165, 1.54) is 18.7 Å². The van der Waals surface area contributed by atoms with E-state index in [4.69, 9.17) is 0 Å². The van der Waals surface area contributed by atoms with Gasteiger partial charge in [-0.05, 0) is 26.3 Å². The van der Waals surface area contributed by atoms with Crippen molar-refractivity contribution in [2.45, 2.75) is 26.8 Å². The summed E-state index contributed by atoms with van der Waals surface area (Å²) < 4.78 is 0. The third-order valence-corrected chi connectivity index (χ3v) is 4.29. The normalized spacial score (nSPS) is 17.8.